The first kappa shape index (κ1) is 10.4. The van der Waals surface area contributed by atoms with E-state index in [0.29, 0.717) is 5.56 Å². The zero-order valence-corrected chi connectivity index (χ0v) is 7.91. The Morgan fingerprint density at radius 1 is 1.54 bits per heavy atom. The molecule has 0 heterocycles. The Hall–Kier alpha value is -0.670. The number of benzene rings is 1. The molecule has 0 fully saturated rings. The SMILES string of the molecule is CNC(CF)c1ccc(Cl)c(F)c1. The molecule has 1 aromatic carbocycles. The van der Waals surface area contributed by atoms with Crippen molar-refractivity contribution in [2.24, 2.45) is 0 Å². The van der Waals surface area contributed by atoms with Crippen molar-refractivity contribution in [2.75, 3.05) is 13.7 Å². The van der Waals surface area contributed by atoms with E-state index in [1.165, 1.54) is 12.1 Å². The van der Waals surface area contributed by atoms with E-state index in [4.69, 9.17) is 11.6 Å². The van der Waals surface area contributed by atoms with Crippen molar-refractivity contribution in [1.82, 2.24) is 5.32 Å². The van der Waals surface area contributed by atoms with Crippen LogP contribution in [0.4, 0.5) is 8.78 Å². The molecule has 1 unspecified atom stereocenters. The van der Waals surface area contributed by atoms with Crippen LogP contribution < -0.4 is 5.32 Å². The Morgan fingerprint density at radius 2 is 2.23 bits per heavy atom. The highest BCUT2D eigenvalue weighted by atomic mass is 35.5. The molecule has 13 heavy (non-hydrogen) atoms. The fraction of sp³-hybridized carbons (Fsp3) is 0.333. The minimum absolute atomic E-state index is 0.0532. The fourth-order valence-corrected chi connectivity index (χ4v) is 1.18. The van der Waals surface area contributed by atoms with Gasteiger partial charge in [-0.25, -0.2) is 8.78 Å². The van der Waals surface area contributed by atoms with Crippen LogP contribution in [-0.2, 0) is 0 Å². The first-order valence-corrected chi connectivity index (χ1v) is 4.25. The van der Waals surface area contributed by atoms with Crippen LogP contribution in [0.25, 0.3) is 0 Å². The van der Waals surface area contributed by atoms with E-state index >= 15 is 0 Å². The molecule has 1 rings (SSSR count). The van der Waals surface area contributed by atoms with Crippen LogP contribution in [0.1, 0.15) is 11.6 Å². The summed E-state index contributed by atoms with van der Waals surface area (Å²) < 4.78 is 25.3. The van der Waals surface area contributed by atoms with E-state index in [1.54, 1.807) is 13.1 Å². The van der Waals surface area contributed by atoms with Gasteiger partial charge in [-0.3, -0.25) is 0 Å². The molecule has 0 aliphatic carbocycles. The van der Waals surface area contributed by atoms with Crippen LogP contribution in [0.3, 0.4) is 0 Å². The summed E-state index contributed by atoms with van der Waals surface area (Å²) in [5.74, 6) is -0.520. The number of nitrogens with one attached hydrogen (secondary N) is 1. The van der Waals surface area contributed by atoms with Gasteiger partial charge in [0.2, 0.25) is 0 Å². The van der Waals surface area contributed by atoms with Gasteiger partial charge in [0, 0.05) is 0 Å². The molecule has 4 heteroatoms. The molecule has 0 radical (unpaired) electrons. The number of halogens is 3. The van der Waals surface area contributed by atoms with E-state index in [2.05, 4.69) is 5.32 Å². The Labute approximate surface area is 80.7 Å². The van der Waals surface area contributed by atoms with Crippen molar-refractivity contribution in [1.29, 1.82) is 0 Å². The third-order valence-electron chi connectivity index (χ3n) is 1.85. The molecule has 0 saturated heterocycles. The summed E-state index contributed by atoms with van der Waals surface area (Å²) in [6.07, 6.45) is 0. The molecular weight excluding hydrogens is 196 g/mol. The molecule has 0 aliphatic heterocycles. The Morgan fingerprint density at radius 3 is 2.69 bits per heavy atom. The van der Waals surface area contributed by atoms with E-state index in [9.17, 15) is 8.78 Å². The molecule has 0 saturated carbocycles. The lowest BCUT2D eigenvalue weighted by Gasteiger charge is -2.12. The maximum atomic E-state index is 12.9. The Kier molecular flexibility index (Phi) is 3.63. The van der Waals surface area contributed by atoms with Crippen LogP contribution in [0.15, 0.2) is 18.2 Å². The van der Waals surface area contributed by atoms with E-state index in [-0.39, 0.29) is 5.02 Å². The molecule has 1 aromatic rings. The molecule has 72 valence electrons. The van der Waals surface area contributed by atoms with Gasteiger partial charge in [-0.2, -0.15) is 0 Å². The van der Waals surface area contributed by atoms with Crippen LogP contribution in [0.5, 0.6) is 0 Å². The number of rotatable bonds is 3. The van der Waals surface area contributed by atoms with Crippen molar-refractivity contribution in [3.8, 4) is 0 Å². The molecule has 1 nitrogen and oxygen atoms in total. The standard InChI is InChI=1S/C9H10ClF2N/c1-13-9(5-11)6-2-3-7(10)8(12)4-6/h2-4,9,13H,5H2,1H3. The Balaban J connectivity index is 2.95. The van der Waals surface area contributed by atoms with Crippen LogP contribution in [0, 0.1) is 5.82 Å². The fourth-order valence-electron chi connectivity index (χ4n) is 1.06. The van der Waals surface area contributed by atoms with Gasteiger partial charge in [-0.05, 0) is 24.7 Å². The number of hydrogen-bond donors (Lipinski definition) is 1. The first-order valence-electron chi connectivity index (χ1n) is 3.87. The first-order chi connectivity index (χ1) is 6.19. The van der Waals surface area contributed by atoms with Crippen molar-refractivity contribution in [2.45, 2.75) is 6.04 Å². The van der Waals surface area contributed by atoms with Crippen LogP contribution in [-0.4, -0.2) is 13.7 Å². The van der Waals surface area contributed by atoms with E-state index in [1.807, 2.05) is 0 Å². The zero-order chi connectivity index (χ0) is 9.84. The second-order valence-corrected chi connectivity index (χ2v) is 3.08. The number of alkyl halides is 1. The lowest BCUT2D eigenvalue weighted by Crippen LogP contribution is -2.18. The highest BCUT2D eigenvalue weighted by Crippen LogP contribution is 2.20. The highest BCUT2D eigenvalue weighted by molar-refractivity contribution is 6.30. The monoisotopic (exact) mass is 205 g/mol. The summed E-state index contributed by atoms with van der Waals surface area (Å²) >= 11 is 5.48. The Bertz CT molecular complexity index is 287. The van der Waals surface area contributed by atoms with Gasteiger partial charge in [0.05, 0.1) is 11.1 Å². The van der Waals surface area contributed by atoms with Crippen LogP contribution in [0.2, 0.25) is 5.02 Å². The number of hydrogen-bond acceptors (Lipinski definition) is 1. The lowest BCUT2D eigenvalue weighted by atomic mass is 10.1. The van der Waals surface area contributed by atoms with Gasteiger partial charge in [0.1, 0.15) is 12.5 Å². The largest absolute Gasteiger partial charge is 0.311 e. The van der Waals surface area contributed by atoms with E-state index in [0.717, 1.165) is 0 Å². The second kappa shape index (κ2) is 4.53. The normalized spacial score (nSPS) is 12.9. The molecule has 0 bridgehead atoms. The van der Waals surface area contributed by atoms with Gasteiger partial charge in [-0.15, -0.1) is 0 Å². The maximum Gasteiger partial charge on any atom is 0.142 e. The average Bonchev–Trinajstić information content (AvgIpc) is 2.13. The molecule has 1 N–H and O–H groups in total. The molecular formula is C9H10ClF2N. The van der Waals surface area contributed by atoms with Gasteiger partial charge < -0.3 is 5.32 Å². The second-order valence-electron chi connectivity index (χ2n) is 2.67. The summed E-state index contributed by atoms with van der Waals surface area (Å²) in [6.45, 7) is -0.572. The van der Waals surface area contributed by atoms with E-state index < -0.39 is 18.5 Å². The summed E-state index contributed by atoms with van der Waals surface area (Å²) in [5.41, 5.74) is 0.562. The highest BCUT2D eigenvalue weighted by Gasteiger charge is 2.10. The van der Waals surface area contributed by atoms with Crippen molar-refractivity contribution in [3.05, 3.63) is 34.6 Å². The minimum atomic E-state index is -0.572. The maximum absolute atomic E-state index is 12.9. The molecule has 0 aromatic heterocycles. The smallest absolute Gasteiger partial charge is 0.142 e. The van der Waals surface area contributed by atoms with Gasteiger partial charge in [0.15, 0.2) is 0 Å². The molecule has 0 spiro atoms. The minimum Gasteiger partial charge on any atom is -0.311 e. The van der Waals surface area contributed by atoms with Gasteiger partial charge in [0.25, 0.3) is 0 Å². The molecule has 1 atom stereocenters. The molecule has 0 aliphatic rings. The van der Waals surface area contributed by atoms with Crippen LogP contribution >= 0.6 is 11.6 Å². The predicted molar refractivity (Wildman–Crippen MR) is 49.2 cm³/mol. The van der Waals surface area contributed by atoms with Crippen molar-refractivity contribution in [3.63, 3.8) is 0 Å². The quantitative estimate of drug-likeness (QED) is 0.800. The van der Waals surface area contributed by atoms with Crippen molar-refractivity contribution < 1.29 is 8.78 Å². The predicted octanol–water partition coefficient (Wildman–Crippen LogP) is 2.71. The summed E-state index contributed by atoms with van der Waals surface area (Å²) in [7, 11) is 1.62. The topological polar surface area (TPSA) is 12.0 Å². The average molecular weight is 206 g/mol. The zero-order valence-electron chi connectivity index (χ0n) is 7.15. The summed E-state index contributed by atoms with van der Waals surface area (Å²) in [5, 5.41) is 2.78. The van der Waals surface area contributed by atoms with Gasteiger partial charge in [-0.1, -0.05) is 17.7 Å². The summed E-state index contributed by atoms with van der Waals surface area (Å²) in [6, 6.07) is 3.80. The third-order valence-corrected chi connectivity index (χ3v) is 2.16. The van der Waals surface area contributed by atoms with Gasteiger partial charge >= 0.3 is 0 Å². The lowest BCUT2D eigenvalue weighted by molar-refractivity contribution is 0.399. The molecule has 0 amide bonds. The van der Waals surface area contributed by atoms with Crippen molar-refractivity contribution >= 4 is 11.6 Å². The third kappa shape index (κ3) is 2.39. The summed E-state index contributed by atoms with van der Waals surface area (Å²) in [4.78, 5) is 0.